The Morgan fingerprint density at radius 3 is 2.16 bits per heavy atom. The summed E-state index contributed by atoms with van der Waals surface area (Å²) in [6, 6.07) is 37.3. The van der Waals surface area contributed by atoms with Gasteiger partial charge in [0.1, 0.15) is 6.17 Å². The number of rotatable bonds is 6. The van der Waals surface area contributed by atoms with Crippen LogP contribution in [-0.4, -0.2) is 19.8 Å². The lowest BCUT2D eigenvalue weighted by Gasteiger charge is -2.37. The van der Waals surface area contributed by atoms with Gasteiger partial charge in [-0.25, -0.2) is 0 Å². The van der Waals surface area contributed by atoms with Crippen molar-refractivity contribution in [1.82, 2.24) is 10.6 Å². The Labute approximate surface area is 220 Å². The van der Waals surface area contributed by atoms with Gasteiger partial charge < -0.3 is 10.6 Å². The van der Waals surface area contributed by atoms with E-state index < -0.39 is 0 Å². The fraction of sp³-hybridized carbons (Fsp3) is 0.176. The smallest absolute Gasteiger partial charge is 0.100 e. The molecule has 2 unspecified atom stereocenters. The van der Waals surface area contributed by atoms with Gasteiger partial charge in [-0.1, -0.05) is 109 Å². The first kappa shape index (κ1) is 23.5. The van der Waals surface area contributed by atoms with E-state index in [0.717, 1.165) is 19.4 Å². The Kier molecular flexibility index (Phi) is 6.72. The van der Waals surface area contributed by atoms with Gasteiger partial charge in [-0.15, -0.1) is 0 Å². The summed E-state index contributed by atoms with van der Waals surface area (Å²) >= 11 is 0. The molecule has 0 radical (unpaired) electrons. The molecule has 0 bridgehead atoms. The van der Waals surface area contributed by atoms with Crippen LogP contribution in [0.3, 0.4) is 0 Å². The molecular formula is C34H33N3. The van der Waals surface area contributed by atoms with Gasteiger partial charge in [0.25, 0.3) is 0 Å². The van der Waals surface area contributed by atoms with Gasteiger partial charge in [-0.3, -0.25) is 5.32 Å². The maximum Gasteiger partial charge on any atom is 0.100 e. The fourth-order valence-electron chi connectivity index (χ4n) is 5.50. The van der Waals surface area contributed by atoms with Crippen molar-refractivity contribution in [2.75, 3.05) is 18.9 Å². The van der Waals surface area contributed by atoms with Crippen LogP contribution in [-0.2, 0) is 0 Å². The Morgan fingerprint density at radius 1 is 0.703 bits per heavy atom. The van der Waals surface area contributed by atoms with Gasteiger partial charge in [-0.2, -0.15) is 0 Å². The van der Waals surface area contributed by atoms with Crippen molar-refractivity contribution in [2.24, 2.45) is 0 Å². The Morgan fingerprint density at radius 2 is 1.41 bits per heavy atom. The molecule has 2 atom stereocenters. The summed E-state index contributed by atoms with van der Waals surface area (Å²) < 4.78 is 0. The van der Waals surface area contributed by atoms with Gasteiger partial charge in [0.15, 0.2) is 0 Å². The summed E-state index contributed by atoms with van der Waals surface area (Å²) in [7, 11) is 2.01. The molecule has 4 aromatic rings. The largest absolute Gasteiger partial charge is 0.366 e. The number of allylic oxidation sites excluding steroid dienone is 2. The van der Waals surface area contributed by atoms with E-state index in [2.05, 4.69) is 131 Å². The second-order valence-electron chi connectivity index (χ2n) is 9.93. The first-order chi connectivity index (χ1) is 18.3. The summed E-state index contributed by atoms with van der Waals surface area (Å²) in [5.74, 6) is 0. The summed E-state index contributed by atoms with van der Waals surface area (Å²) in [5, 5.41) is 11.0. The van der Waals surface area contributed by atoms with E-state index >= 15 is 0 Å². The molecule has 2 aliphatic rings. The van der Waals surface area contributed by atoms with Gasteiger partial charge in [0.05, 0.1) is 6.04 Å². The first-order valence-electron chi connectivity index (χ1n) is 13.2. The topological polar surface area (TPSA) is 36.1 Å². The van der Waals surface area contributed by atoms with Crippen molar-refractivity contribution in [3.63, 3.8) is 0 Å². The minimum atomic E-state index is 0.112. The van der Waals surface area contributed by atoms with E-state index in [1.54, 1.807) is 0 Å². The average molecular weight is 484 g/mol. The molecular weight excluding hydrogens is 450 g/mol. The number of benzene rings is 4. The minimum absolute atomic E-state index is 0.112. The highest BCUT2D eigenvalue weighted by atomic mass is 15.2. The zero-order valence-electron chi connectivity index (χ0n) is 21.2. The molecule has 0 saturated carbocycles. The molecule has 0 fully saturated rings. The van der Waals surface area contributed by atoms with Gasteiger partial charge in [0.2, 0.25) is 0 Å². The van der Waals surface area contributed by atoms with Crippen molar-refractivity contribution >= 4 is 5.69 Å². The Balaban J connectivity index is 1.30. The lowest BCUT2D eigenvalue weighted by molar-refractivity contribution is 0.520. The van der Waals surface area contributed by atoms with Crippen LogP contribution in [0.5, 0.6) is 0 Å². The lowest BCUT2D eigenvalue weighted by atomic mass is 9.89. The number of hydrogen-bond donors (Lipinski definition) is 3. The SMILES string of the molecule is CNCC1=CC=C(C2Nc3ccccc3C(c3cccc(-c4ccc(-c5ccccc5)cc4)c3)N2)CC1. The van der Waals surface area contributed by atoms with Crippen molar-refractivity contribution in [2.45, 2.75) is 25.0 Å². The zero-order valence-corrected chi connectivity index (χ0v) is 21.2. The van der Waals surface area contributed by atoms with E-state index in [9.17, 15) is 0 Å². The second kappa shape index (κ2) is 10.6. The number of fused-ring (bicyclic) bond motifs is 1. The van der Waals surface area contributed by atoms with Crippen LogP contribution in [0.4, 0.5) is 5.69 Å². The number of nitrogens with one attached hydrogen (secondary N) is 3. The third-order valence-corrected chi connectivity index (χ3v) is 7.49. The average Bonchev–Trinajstić information content (AvgIpc) is 2.98. The Bertz CT molecular complexity index is 1430. The van der Waals surface area contributed by atoms with Crippen molar-refractivity contribution in [3.8, 4) is 22.3 Å². The van der Waals surface area contributed by atoms with Crippen molar-refractivity contribution < 1.29 is 0 Å². The fourth-order valence-corrected chi connectivity index (χ4v) is 5.50. The molecule has 184 valence electrons. The maximum atomic E-state index is 3.93. The van der Waals surface area contributed by atoms with Crippen LogP contribution in [0.2, 0.25) is 0 Å². The highest BCUT2D eigenvalue weighted by Gasteiger charge is 2.29. The van der Waals surface area contributed by atoms with Crippen LogP contribution < -0.4 is 16.0 Å². The van der Waals surface area contributed by atoms with E-state index in [1.165, 1.54) is 50.2 Å². The standard InChI is InChI=1S/C34H33N3/c1-35-23-24-14-16-28(17-15-24)34-36-32-13-6-5-12-31(32)33(37-34)30-11-7-10-29(22-30)27-20-18-26(19-21-27)25-8-3-2-4-9-25/h2-14,16,18-22,33-37H,15,17,23H2,1H3. The molecule has 3 N–H and O–H groups in total. The van der Waals surface area contributed by atoms with Crippen molar-refractivity contribution in [1.29, 1.82) is 0 Å². The van der Waals surface area contributed by atoms with Crippen LogP contribution in [0.15, 0.2) is 126 Å². The van der Waals surface area contributed by atoms with Crippen molar-refractivity contribution in [3.05, 3.63) is 138 Å². The highest BCUT2D eigenvalue weighted by Crippen LogP contribution is 2.37. The predicted molar refractivity (Wildman–Crippen MR) is 155 cm³/mol. The number of para-hydroxylation sites is 1. The molecule has 0 amide bonds. The van der Waals surface area contributed by atoms with Crippen LogP contribution >= 0.6 is 0 Å². The number of hydrogen-bond acceptors (Lipinski definition) is 3. The molecule has 3 nitrogen and oxygen atoms in total. The van der Waals surface area contributed by atoms with E-state index in [4.69, 9.17) is 0 Å². The van der Waals surface area contributed by atoms with E-state index in [1.807, 2.05) is 7.05 Å². The summed E-state index contributed by atoms with van der Waals surface area (Å²) in [6.07, 6.45) is 6.87. The normalized spacial score (nSPS) is 18.8. The maximum absolute atomic E-state index is 3.93. The molecule has 1 heterocycles. The summed E-state index contributed by atoms with van der Waals surface area (Å²) in [5.41, 5.74) is 11.6. The predicted octanol–water partition coefficient (Wildman–Crippen LogP) is 7.32. The van der Waals surface area contributed by atoms with Gasteiger partial charge >= 0.3 is 0 Å². The molecule has 3 heteroatoms. The molecule has 37 heavy (non-hydrogen) atoms. The van der Waals surface area contributed by atoms with Gasteiger partial charge in [-0.05, 0) is 71.0 Å². The molecule has 4 aromatic carbocycles. The van der Waals surface area contributed by atoms with E-state index in [0.29, 0.717) is 0 Å². The molecule has 0 saturated heterocycles. The minimum Gasteiger partial charge on any atom is -0.366 e. The molecule has 6 rings (SSSR count). The molecule has 1 aliphatic carbocycles. The highest BCUT2D eigenvalue weighted by molar-refractivity contribution is 5.71. The summed E-state index contributed by atoms with van der Waals surface area (Å²) in [4.78, 5) is 0. The van der Waals surface area contributed by atoms with Crippen LogP contribution in [0.1, 0.15) is 30.0 Å². The van der Waals surface area contributed by atoms with Crippen LogP contribution in [0.25, 0.3) is 22.3 Å². The molecule has 1 aliphatic heterocycles. The zero-order chi connectivity index (χ0) is 25.0. The Hall–Kier alpha value is -3.92. The van der Waals surface area contributed by atoms with Gasteiger partial charge in [0, 0.05) is 12.2 Å². The van der Waals surface area contributed by atoms with E-state index in [-0.39, 0.29) is 12.2 Å². The molecule has 0 spiro atoms. The number of anilines is 1. The third-order valence-electron chi connectivity index (χ3n) is 7.49. The monoisotopic (exact) mass is 483 g/mol. The first-order valence-corrected chi connectivity index (χ1v) is 13.2. The van der Waals surface area contributed by atoms with Crippen LogP contribution in [0, 0.1) is 0 Å². The molecule has 0 aromatic heterocycles. The lowest BCUT2D eigenvalue weighted by Crippen LogP contribution is -2.45. The third kappa shape index (κ3) is 5.01. The summed E-state index contributed by atoms with van der Waals surface area (Å²) in [6.45, 7) is 0.958. The number of likely N-dealkylation sites (N-methyl/N-ethyl adjacent to an activating group) is 1. The second-order valence-corrected chi connectivity index (χ2v) is 9.93. The quantitative estimate of drug-likeness (QED) is 0.269.